The van der Waals surface area contributed by atoms with Crippen molar-refractivity contribution in [1.29, 1.82) is 0 Å². The fraction of sp³-hybridized carbons (Fsp3) is 0.133. The highest BCUT2D eigenvalue weighted by atomic mass is 35.5. The van der Waals surface area contributed by atoms with Crippen LogP contribution in [-0.4, -0.2) is 20.4 Å². The summed E-state index contributed by atoms with van der Waals surface area (Å²) < 4.78 is 20.0. The molecular weight excluding hydrogens is 331 g/mol. The molecule has 0 heterocycles. The van der Waals surface area contributed by atoms with E-state index in [1.165, 1.54) is 38.5 Å². The molecule has 2 rings (SSSR count). The first-order valence-electron chi connectivity index (χ1n) is 6.10. The Kier molecular flexibility index (Phi) is 5.35. The van der Waals surface area contributed by atoms with Crippen molar-refractivity contribution in [3.8, 4) is 23.0 Å². The number of carbonyl (C=O) groups is 1. The molecular formula is C15H12Cl2O5. The Balaban J connectivity index is 2.04. The van der Waals surface area contributed by atoms with Gasteiger partial charge in [-0.05, 0) is 24.3 Å². The highest BCUT2D eigenvalue weighted by molar-refractivity contribution is 6.32. The maximum Gasteiger partial charge on any atom is 0.519 e. The quantitative estimate of drug-likeness (QED) is 0.600. The highest BCUT2D eigenvalue weighted by Gasteiger charge is 2.11. The Bertz CT molecular complexity index is 630. The molecule has 0 bridgehead atoms. The molecule has 5 nitrogen and oxygen atoms in total. The van der Waals surface area contributed by atoms with Gasteiger partial charge in [-0.3, -0.25) is 0 Å². The van der Waals surface area contributed by atoms with Crippen LogP contribution in [-0.2, 0) is 0 Å². The predicted octanol–water partition coefficient (Wildman–Crippen LogP) is 4.59. The van der Waals surface area contributed by atoms with Crippen LogP contribution >= 0.6 is 23.2 Å². The van der Waals surface area contributed by atoms with Crippen LogP contribution in [0.1, 0.15) is 0 Å². The summed E-state index contributed by atoms with van der Waals surface area (Å²) in [6.07, 6.45) is -0.914. The van der Waals surface area contributed by atoms with Gasteiger partial charge in [-0.25, -0.2) is 4.79 Å². The first-order valence-corrected chi connectivity index (χ1v) is 6.86. The Morgan fingerprint density at radius 1 is 0.818 bits per heavy atom. The van der Waals surface area contributed by atoms with Crippen molar-refractivity contribution >= 4 is 29.4 Å². The van der Waals surface area contributed by atoms with Crippen LogP contribution in [0.3, 0.4) is 0 Å². The van der Waals surface area contributed by atoms with Gasteiger partial charge in [0.25, 0.3) is 0 Å². The topological polar surface area (TPSA) is 54.0 Å². The van der Waals surface area contributed by atoms with Crippen molar-refractivity contribution in [2.24, 2.45) is 0 Å². The summed E-state index contributed by atoms with van der Waals surface area (Å²) in [7, 11) is 2.98. The summed E-state index contributed by atoms with van der Waals surface area (Å²) in [4.78, 5) is 11.7. The first-order chi connectivity index (χ1) is 10.5. The lowest BCUT2D eigenvalue weighted by Gasteiger charge is -2.08. The van der Waals surface area contributed by atoms with Gasteiger partial charge in [0.1, 0.15) is 23.0 Å². The fourth-order valence-electron chi connectivity index (χ4n) is 1.63. The van der Waals surface area contributed by atoms with Crippen LogP contribution in [0.15, 0.2) is 36.4 Å². The van der Waals surface area contributed by atoms with E-state index in [1.807, 2.05) is 0 Å². The van der Waals surface area contributed by atoms with E-state index >= 15 is 0 Å². The summed E-state index contributed by atoms with van der Waals surface area (Å²) in [6, 6.07) is 9.12. The zero-order valence-electron chi connectivity index (χ0n) is 11.8. The molecule has 0 radical (unpaired) electrons. The van der Waals surface area contributed by atoms with Gasteiger partial charge in [-0.1, -0.05) is 23.2 Å². The maximum atomic E-state index is 11.7. The molecule has 0 N–H and O–H groups in total. The number of carbonyl (C=O) groups excluding carboxylic acids is 1. The Morgan fingerprint density at radius 2 is 1.23 bits per heavy atom. The minimum atomic E-state index is -0.914. The van der Waals surface area contributed by atoms with Gasteiger partial charge < -0.3 is 18.9 Å². The third kappa shape index (κ3) is 3.96. The molecule has 2 aromatic rings. The number of rotatable bonds is 4. The smallest absolute Gasteiger partial charge is 0.495 e. The molecule has 0 aliphatic carbocycles. The molecule has 2 aromatic carbocycles. The highest BCUT2D eigenvalue weighted by Crippen LogP contribution is 2.30. The molecule has 7 heteroatoms. The maximum absolute atomic E-state index is 11.7. The molecule has 0 spiro atoms. The van der Waals surface area contributed by atoms with Crippen LogP contribution in [0.5, 0.6) is 23.0 Å². The average Bonchev–Trinajstić information content (AvgIpc) is 2.47. The normalized spacial score (nSPS) is 10.0. The number of methoxy groups -OCH3 is 2. The standard InChI is InChI=1S/C15H12Cl2O5/c1-19-13-5-3-9(7-11(13)16)21-15(18)22-10-4-6-14(20-2)12(17)8-10/h3-8H,1-2H3. The van der Waals surface area contributed by atoms with Crippen LogP contribution < -0.4 is 18.9 Å². The van der Waals surface area contributed by atoms with E-state index in [1.54, 1.807) is 12.1 Å². The molecule has 0 saturated heterocycles. The van der Waals surface area contributed by atoms with Crippen molar-refractivity contribution in [2.75, 3.05) is 14.2 Å². The zero-order chi connectivity index (χ0) is 16.1. The summed E-state index contributed by atoms with van der Waals surface area (Å²) in [6.45, 7) is 0. The summed E-state index contributed by atoms with van der Waals surface area (Å²) >= 11 is 11.9. The fourth-order valence-corrected chi connectivity index (χ4v) is 2.13. The van der Waals surface area contributed by atoms with Gasteiger partial charge in [-0.2, -0.15) is 0 Å². The monoisotopic (exact) mass is 342 g/mol. The SMILES string of the molecule is COc1ccc(OC(=O)Oc2ccc(OC)c(Cl)c2)cc1Cl. The van der Waals surface area contributed by atoms with E-state index < -0.39 is 6.16 Å². The second-order valence-corrected chi connectivity index (χ2v) is 4.86. The number of hydrogen-bond acceptors (Lipinski definition) is 5. The van der Waals surface area contributed by atoms with Crippen molar-refractivity contribution in [2.45, 2.75) is 0 Å². The Labute approximate surface area is 137 Å². The summed E-state index contributed by atoms with van der Waals surface area (Å²) in [5.74, 6) is 1.42. The van der Waals surface area contributed by atoms with Crippen molar-refractivity contribution in [3.63, 3.8) is 0 Å². The number of halogens is 2. The van der Waals surface area contributed by atoms with Gasteiger partial charge in [0, 0.05) is 12.1 Å². The summed E-state index contributed by atoms with van der Waals surface area (Å²) in [5, 5.41) is 0.639. The minimum Gasteiger partial charge on any atom is -0.495 e. The van der Waals surface area contributed by atoms with Crippen LogP contribution in [0.25, 0.3) is 0 Å². The van der Waals surface area contributed by atoms with E-state index in [9.17, 15) is 4.79 Å². The Hall–Kier alpha value is -2.11. The third-order valence-electron chi connectivity index (χ3n) is 2.65. The molecule has 22 heavy (non-hydrogen) atoms. The molecule has 0 unspecified atom stereocenters. The minimum absolute atomic E-state index is 0.232. The van der Waals surface area contributed by atoms with E-state index in [0.29, 0.717) is 21.5 Å². The lowest BCUT2D eigenvalue weighted by molar-refractivity contribution is 0.152. The first kappa shape index (κ1) is 16.3. The van der Waals surface area contributed by atoms with Crippen LogP contribution in [0, 0.1) is 0 Å². The average molecular weight is 343 g/mol. The van der Waals surface area contributed by atoms with Gasteiger partial charge in [0.2, 0.25) is 0 Å². The van der Waals surface area contributed by atoms with Gasteiger partial charge in [0.15, 0.2) is 0 Å². The molecule has 0 aliphatic rings. The largest absolute Gasteiger partial charge is 0.519 e. The van der Waals surface area contributed by atoms with E-state index in [4.69, 9.17) is 42.1 Å². The van der Waals surface area contributed by atoms with Crippen LogP contribution in [0.4, 0.5) is 4.79 Å². The van der Waals surface area contributed by atoms with E-state index in [2.05, 4.69) is 0 Å². The number of ether oxygens (including phenoxy) is 4. The molecule has 0 aromatic heterocycles. The number of hydrogen-bond donors (Lipinski definition) is 0. The van der Waals surface area contributed by atoms with Crippen molar-refractivity contribution < 1.29 is 23.7 Å². The molecule has 0 aliphatic heterocycles. The van der Waals surface area contributed by atoms with Gasteiger partial charge in [0.05, 0.1) is 24.3 Å². The van der Waals surface area contributed by atoms with Gasteiger partial charge in [-0.15, -0.1) is 0 Å². The Morgan fingerprint density at radius 3 is 1.55 bits per heavy atom. The van der Waals surface area contributed by atoms with E-state index in [0.717, 1.165) is 0 Å². The van der Waals surface area contributed by atoms with Crippen molar-refractivity contribution in [1.82, 2.24) is 0 Å². The molecule has 0 fully saturated rings. The number of benzene rings is 2. The van der Waals surface area contributed by atoms with Crippen LogP contribution in [0.2, 0.25) is 10.0 Å². The molecule has 0 amide bonds. The van der Waals surface area contributed by atoms with E-state index in [-0.39, 0.29) is 11.5 Å². The summed E-state index contributed by atoms with van der Waals surface area (Å²) in [5.41, 5.74) is 0. The van der Waals surface area contributed by atoms with Crippen molar-refractivity contribution in [3.05, 3.63) is 46.4 Å². The molecule has 116 valence electrons. The van der Waals surface area contributed by atoms with Gasteiger partial charge >= 0.3 is 6.16 Å². The molecule has 0 atom stereocenters. The lowest BCUT2D eigenvalue weighted by Crippen LogP contribution is -2.13. The zero-order valence-corrected chi connectivity index (χ0v) is 13.3. The second kappa shape index (κ2) is 7.24. The second-order valence-electron chi connectivity index (χ2n) is 4.05. The third-order valence-corrected chi connectivity index (χ3v) is 3.24. The lowest BCUT2D eigenvalue weighted by atomic mass is 10.3. The predicted molar refractivity (Wildman–Crippen MR) is 82.7 cm³/mol. The molecule has 0 saturated carbocycles.